The first-order valence-electron chi connectivity index (χ1n) is 14.7. The van der Waals surface area contributed by atoms with Crippen LogP contribution < -0.4 is 11.1 Å². The van der Waals surface area contributed by atoms with Crippen LogP contribution in [-0.2, 0) is 22.6 Å². The van der Waals surface area contributed by atoms with Crippen LogP contribution in [0.4, 0.5) is 0 Å². The lowest BCUT2D eigenvalue weighted by atomic mass is 9.81. The van der Waals surface area contributed by atoms with Gasteiger partial charge in [-0.2, -0.15) is 0 Å². The molecule has 3 fully saturated rings. The molecule has 2 aliphatic carbocycles. The molecule has 2 aromatic rings. The predicted octanol–water partition coefficient (Wildman–Crippen LogP) is 3.99. The van der Waals surface area contributed by atoms with Crippen molar-refractivity contribution in [3.05, 3.63) is 71.8 Å². The Morgan fingerprint density at radius 2 is 1.58 bits per heavy atom. The third-order valence-corrected chi connectivity index (χ3v) is 8.86. The molecular weight excluding hydrogens is 472 g/mol. The molecule has 3 aliphatic rings. The summed E-state index contributed by atoms with van der Waals surface area (Å²) in [5, 5.41) is 3.26. The molecule has 204 valence electrons. The molecule has 3 N–H and O–H groups in total. The molecule has 0 bridgehead atoms. The van der Waals surface area contributed by atoms with Gasteiger partial charge in [0.2, 0.25) is 11.8 Å². The summed E-state index contributed by atoms with van der Waals surface area (Å²) in [7, 11) is 0. The third-order valence-electron chi connectivity index (χ3n) is 8.86. The Morgan fingerprint density at radius 3 is 2.26 bits per heavy atom. The van der Waals surface area contributed by atoms with E-state index in [1.807, 2.05) is 11.0 Å². The van der Waals surface area contributed by atoms with Crippen LogP contribution >= 0.6 is 0 Å². The second-order valence-electron chi connectivity index (χ2n) is 11.7. The molecule has 1 saturated heterocycles. The maximum Gasteiger partial charge on any atom is 0.242 e. The zero-order valence-electron chi connectivity index (χ0n) is 22.6. The smallest absolute Gasteiger partial charge is 0.242 e. The monoisotopic (exact) mass is 516 g/mol. The minimum atomic E-state index is -0.378. The number of carbonyl (C=O) groups is 2. The van der Waals surface area contributed by atoms with Crippen LogP contribution in [0.5, 0.6) is 0 Å². The van der Waals surface area contributed by atoms with Crippen LogP contribution in [0.3, 0.4) is 0 Å². The summed E-state index contributed by atoms with van der Waals surface area (Å²) in [6, 6.07) is 20.9. The number of nitrogens with one attached hydrogen (secondary N) is 1. The number of amides is 2. The Labute approximate surface area is 228 Å². The molecule has 2 amide bonds. The summed E-state index contributed by atoms with van der Waals surface area (Å²) in [4.78, 5) is 31.3. The van der Waals surface area contributed by atoms with E-state index in [1.165, 1.54) is 24.0 Å². The van der Waals surface area contributed by atoms with Gasteiger partial charge in [-0.3, -0.25) is 14.5 Å². The average Bonchev–Trinajstić information content (AvgIpc) is 3.73. The maximum absolute atomic E-state index is 13.6. The summed E-state index contributed by atoms with van der Waals surface area (Å²) in [5.74, 6) is 1.38. The highest BCUT2D eigenvalue weighted by Gasteiger charge is 2.45. The van der Waals surface area contributed by atoms with Gasteiger partial charge in [-0.1, -0.05) is 67.1 Å². The van der Waals surface area contributed by atoms with E-state index in [0.717, 1.165) is 51.7 Å². The zero-order valence-corrected chi connectivity index (χ0v) is 22.6. The molecule has 0 spiro atoms. The van der Waals surface area contributed by atoms with E-state index in [-0.39, 0.29) is 29.8 Å². The summed E-state index contributed by atoms with van der Waals surface area (Å²) < 4.78 is 0. The molecular formula is C32H44N4O2. The lowest BCUT2D eigenvalue weighted by Crippen LogP contribution is -2.47. The quantitative estimate of drug-likeness (QED) is 0.473. The fraction of sp³-hybridized carbons (Fsp3) is 0.562. The number of rotatable bonds is 11. The lowest BCUT2D eigenvalue weighted by Gasteiger charge is -2.29. The molecule has 6 heteroatoms. The molecule has 38 heavy (non-hydrogen) atoms. The van der Waals surface area contributed by atoms with Crippen molar-refractivity contribution >= 4 is 11.8 Å². The first-order valence-corrected chi connectivity index (χ1v) is 14.7. The first kappa shape index (κ1) is 26.9. The van der Waals surface area contributed by atoms with E-state index in [4.69, 9.17) is 5.73 Å². The fourth-order valence-electron chi connectivity index (χ4n) is 6.43. The summed E-state index contributed by atoms with van der Waals surface area (Å²) in [5.41, 5.74) is 8.51. The van der Waals surface area contributed by atoms with Crippen molar-refractivity contribution in [2.24, 2.45) is 23.5 Å². The van der Waals surface area contributed by atoms with Crippen LogP contribution in [0.1, 0.15) is 56.1 Å². The number of carbonyl (C=O) groups excluding carboxylic acids is 2. The van der Waals surface area contributed by atoms with Crippen molar-refractivity contribution in [2.75, 3.05) is 26.2 Å². The minimum Gasteiger partial charge on any atom is -0.354 e. The Hall–Kier alpha value is -2.70. The van der Waals surface area contributed by atoms with E-state index < -0.39 is 0 Å². The van der Waals surface area contributed by atoms with Crippen LogP contribution in [0, 0.1) is 17.8 Å². The van der Waals surface area contributed by atoms with Gasteiger partial charge >= 0.3 is 0 Å². The van der Waals surface area contributed by atoms with Crippen molar-refractivity contribution in [1.82, 2.24) is 15.1 Å². The van der Waals surface area contributed by atoms with Crippen LogP contribution in [0.2, 0.25) is 0 Å². The van der Waals surface area contributed by atoms with Crippen molar-refractivity contribution in [3.8, 4) is 0 Å². The second-order valence-corrected chi connectivity index (χ2v) is 11.7. The average molecular weight is 517 g/mol. The van der Waals surface area contributed by atoms with Gasteiger partial charge in [0.15, 0.2) is 0 Å². The molecule has 1 heterocycles. The molecule has 0 radical (unpaired) electrons. The molecule has 6 nitrogen and oxygen atoms in total. The number of nitrogens with two attached hydrogens (primary N) is 1. The predicted molar refractivity (Wildman–Crippen MR) is 151 cm³/mol. The zero-order chi connectivity index (χ0) is 26.3. The minimum absolute atomic E-state index is 0.0269. The highest BCUT2D eigenvalue weighted by molar-refractivity contribution is 5.90. The number of benzene rings is 2. The van der Waals surface area contributed by atoms with E-state index in [9.17, 15) is 9.59 Å². The van der Waals surface area contributed by atoms with E-state index in [2.05, 4.69) is 64.8 Å². The van der Waals surface area contributed by atoms with Crippen LogP contribution in [-0.4, -0.2) is 59.9 Å². The summed E-state index contributed by atoms with van der Waals surface area (Å²) in [6.45, 7) is 3.78. The Bertz CT molecular complexity index is 1040. The molecule has 0 aromatic heterocycles. The van der Waals surface area contributed by atoms with Gasteiger partial charge in [0.1, 0.15) is 6.04 Å². The largest absolute Gasteiger partial charge is 0.354 e. The number of nitrogens with zero attached hydrogens (tertiary/aromatic N) is 2. The second kappa shape index (κ2) is 12.9. The number of hydrogen-bond donors (Lipinski definition) is 2. The van der Waals surface area contributed by atoms with Gasteiger partial charge in [-0.25, -0.2) is 0 Å². The standard InChI is InChI=1S/C32H44N4O2/c33-20-26-12-7-13-27(18-26)21-34-31(37)30-19-29(23-36(30)32(38)28-14-15-28)35(22-25-10-5-2-6-11-25)17-16-24-8-3-1-4-9-24/h1-6,8-11,26-30H,7,12-23,33H2,(H,34,37). The molecule has 5 rings (SSSR count). The third kappa shape index (κ3) is 7.03. The molecule has 2 aromatic carbocycles. The van der Waals surface area contributed by atoms with Crippen molar-refractivity contribution in [1.29, 1.82) is 0 Å². The van der Waals surface area contributed by atoms with Crippen molar-refractivity contribution in [2.45, 2.75) is 70.0 Å². The van der Waals surface area contributed by atoms with Crippen molar-refractivity contribution < 1.29 is 9.59 Å². The van der Waals surface area contributed by atoms with Gasteiger partial charge < -0.3 is 16.0 Å². The van der Waals surface area contributed by atoms with E-state index in [1.54, 1.807) is 0 Å². The highest BCUT2D eigenvalue weighted by Crippen LogP contribution is 2.35. The Kier molecular flexibility index (Phi) is 9.13. The normalized spacial score (nSPS) is 25.5. The molecule has 4 atom stereocenters. The van der Waals surface area contributed by atoms with Gasteiger partial charge in [0.05, 0.1) is 0 Å². The highest BCUT2D eigenvalue weighted by atomic mass is 16.2. The van der Waals surface area contributed by atoms with Crippen LogP contribution in [0.15, 0.2) is 60.7 Å². The Morgan fingerprint density at radius 1 is 0.895 bits per heavy atom. The SMILES string of the molecule is NCC1CCCC(CNC(=O)C2CC(N(CCc3ccccc3)Cc3ccccc3)CN2C(=O)C2CC2)C1. The summed E-state index contributed by atoms with van der Waals surface area (Å²) in [6.07, 6.45) is 8.20. The maximum atomic E-state index is 13.6. The number of likely N-dealkylation sites (tertiary alicyclic amines) is 1. The fourth-order valence-corrected chi connectivity index (χ4v) is 6.43. The molecule has 2 saturated carbocycles. The van der Waals surface area contributed by atoms with Gasteiger partial charge in [-0.05, 0) is 74.5 Å². The first-order chi connectivity index (χ1) is 18.6. The lowest BCUT2D eigenvalue weighted by molar-refractivity contribution is -0.139. The number of hydrogen-bond acceptors (Lipinski definition) is 4. The van der Waals surface area contributed by atoms with E-state index >= 15 is 0 Å². The van der Waals surface area contributed by atoms with Crippen LogP contribution in [0.25, 0.3) is 0 Å². The Balaban J connectivity index is 1.28. The molecule has 1 aliphatic heterocycles. The molecule has 4 unspecified atom stereocenters. The topological polar surface area (TPSA) is 78.7 Å². The van der Waals surface area contributed by atoms with E-state index in [0.29, 0.717) is 31.3 Å². The van der Waals surface area contributed by atoms with Crippen molar-refractivity contribution in [3.63, 3.8) is 0 Å². The van der Waals surface area contributed by atoms with Gasteiger partial charge in [0, 0.05) is 38.1 Å². The van der Waals surface area contributed by atoms with Gasteiger partial charge in [0.25, 0.3) is 0 Å². The van der Waals surface area contributed by atoms with Gasteiger partial charge in [-0.15, -0.1) is 0 Å². The summed E-state index contributed by atoms with van der Waals surface area (Å²) >= 11 is 0.